The highest BCUT2D eigenvalue weighted by Gasteiger charge is 2.38. The van der Waals surface area contributed by atoms with Crippen molar-refractivity contribution in [2.45, 2.75) is 25.8 Å². The van der Waals surface area contributed by atoms with Crippen molar-refractivity contribution in [3.63, 3.8) is 0 Å². The van der Waals surface area contributed by atoms with Crippen LogP contribution in [0.5, 0.6) is 0 Å². The van der Waals surface area contributed by atoms with Crippen molar-refractivity contribution >= 4 is 38.9 Å². The van der Waals surface area contributed by atoms with Crippen LogP contribution in [0, 0.1) is 0 Å². The van der Waals surface area contributed by atoms with Crippen molar-refractivity contribution in [2.75, 3.05) is 10.6 Å². The number of nitrogens with zero attached hydrogens (tertiary/aromatic N) is 2. The fourth-order valence-electron chi connectivity index (χ4n) is 8.90. The van der Waals surface area contributed by atoms with Gasteiger partial charge in [0.05, 0.1) is 22.4 Å². The zero-order valence-corrected chi connectivity index (χ0v) is 31.1. The SMILES string of the molecule is CC1(C)c2cc(-c3ccccc3)ccc2-c2ccc3c(c21)c1cc(-c2ccccc2)ccc1n3-c1ccc(CN(c2ccccc2)c2ccccc2N)cc1. The molecule has 9 aromatic rings. The average molecular weight is 708 g/mol. The van der Waals surface area contributed by atoms with Gasteiger partial charge in [0.25, 0.3) is 0 Å². The summed E-state index contributed by atoms with van der Waals surface area (Å²) < 4.78 is 2.46. The van der Waals surface area contributed by atoms with Crippen LogP contribution in [0.4, 0.5) is 17.1 Å². The van der Waals surface area contributed by atoms with Gasteiger partial charge in [0.1, 0.15) is 0 Å². The molecule has 0 radical (unpaired) electrons. The van der Waals surface area contributed by atoms with Crippen LogP contribution >= 0.6 is 0 Å². The summed E-state index contributed by atoms with van der Waals surface area (Å²) in [5.41, 5.74) is 24.3. The fraction of sp³-hybridized carbons (Fsp3) is 0.0769. The second kappa shape index (κ2) is 12.9. The van der Waals surface area contributed by atoms with Crippen LogP contribution < -0.4 is 10.6 Å². The first-order chi connectivity index (χ1) is 27.0. The Kier molecular flexibility index (Phi) is 7.71. The maximum absolute atomic E-state index is 6.53. The molecule has 3 nitrogen and oxygen atoms in total. The monoisotopic (exact) mass is 707 g/mol. The Hall–Kier alpha value is -6.84. The first kappa shape index (κ1) is 32.8. The third kappa shape index (κ3) is 5.42. The molecule has 55 heavy (non-hydrogen) atoms. The van der Waals surface area contributed by atoms with Gasteiger partial charge in [0, 0.05) is 34.1 Å². The maximum atomic E-state index is 6.53. The second-order valence-corrected chi connectivity index (χ2v) is 15.2. The van der Waals surface area contributed by atoms with Gasteiger partial charge in [-0.25, -0.2) is 0 Å². The number of fused-ring (bicyclic) bond motifs is 7. The number of para-hydroxylation sites is 3. The number of hydrogen-bond acceptors (Lipinski definition) is 2. The third-order valence-electron chi connectivity index (χ3n) is 11.6. The molecule has 0 saturated heterocycles. The van der Waals surface area contributed by atoms with Crippen LogP contribution in [0.3, 0.4) is 0 Å². The van der Waals surface area contributed by atoms with Crippen LogP contribution in [0.1, 0.15) is 30.5 Å². The Labute approximate surface area is 322 Å². The van der Waals surface area contributed by atoms with Gasteiger partial charge < -0.3 is 15.2 Å². The van der Waals surface area contributed by atoms with Crippen molar-refractivity contribution in [3.8, 4) is 39.1 Å². The Balaban J connectivity index is 1.13. The highest BCUT2D eigenvalue weighted by molar-refractivity contribution is 6.15. The first-order valence-corrected chi connectivity index (χ1v) is 19.1. The molecule has 0 unspecified atom stereocenters. The quantitative estimate of drug-likeness (QED) is 0.167. The van der Waals surface area contributed by atoms with E-state index in [2.05, 4.69) is 199 Å². The van der Waals surface area contributed by atoms with Crippen molar-refractivity contribution in [1.29, 1.82) is 0 Å². The Morgan fingerprint density at radius 2 is 1.11 bits per heavy atom. The summed E-state index contributed by atoms with van der Waals surface area (Å²) in [6.45, 7) is 5.50. The van der Waals surface area contributed by atoms with Gasteiger partial charge in [-0.15, -0.1) is 0 Å². The Morgan fingerprint density at radius 3 is 1.80 bits per heavy atom. The predicted octanol–water partition coefficient (Wildman–Crippen LogP) is 13.3. The van der Waals surface area contributed by atoms with Gasteiger partial charge >= 0.3 is 0 Å². The highest BCUT2D eigenvalue weighted by atomic mass is 15.1. The summed E-state index contributed by atoms with van der Waals surface area (Å²) in [4.78, 5) is 2.29. The van der Waals surface area contributed by atoms with E-state index in [1.54, 1.807) is 0 Å². The molecular formula is C52H41N3. The van der Waals surface area contributed by atoms with Crippen LogP contribution in [-0.4, -0.2) is 4.57 Å². The lowest BCUT2D eigenvalue weighted by molar-refractivity contribution is 0.667. The smallest absolute Gasteiger partial charge is 0.0647 e. The summed E-state index contributed by atoms with van der Waals surface area (Å²) in [6, 6.07) is 67.9. The van der Waals surface area contributed by atoms with Crippen molar-refractivity contribution in [1.82, 2.24) is 4.57 Å². The maximum Gasteiger partial charge on any atom is 0.0647 e. The van der Waals surface area contributed by atoms with E-state index in [9.17, 15) is 0 Å². The van der Waals surface area contributed by atoms with Crippen LogP contribution in [0.2, 0.25) is 0 Å². The van der Waals surface area contributed by atoms with E-state index < -0.39 is 0 Å². The topological polar surface area (TPSA) is 34.2 Å². The molecule has 0 atom stereocenters. The van der Waals surface area contributed by atoms with Gasteiger partial charge in [-0.3, -0.25) is 0 Å². The molecule has 3 heteroatoms. The average Bonchev–Trinajstić information content (AvgIpc) is 3.68. The van der Waals surface area contributed by atoms with E-state index in [0.717, 1.165) is 22.7 Å². The van der Waals surface area contributed by atoms with Gasteiger partial charge in [0.15, 0.2) is 0 Å². The van der Waals surface area contributed by atoms with E-state index in [-0.39, 0.29) is 5.41 Å². The standard InChI is InChI=1S/C52H41N3/c1-52(2)45-33-39(37-16-8-4-9-17-37)24-28-42(45)43-29-31-49-50(51(43)52)44-32-38(36-14-6-3-7-15-36)25-30-47(44)55(49)41-26-22-35(23-27-41)34-54(40-18-10-5-11-19-40)48-21-13-12-20-46(48)53/h3-33H,34,53H2,1-2H3. The summed E-state index contributed by atoms with van der Waals surface area (Å²) in [6.07, 6.45) is 0. The van der Waals surface area contributed by atoms with E-state index in [0.29, 0.717) is 6.54 Å². The molecule has 1 aliphatic rings. The molecule has 1 aromatic heterocycles. The number of nitrogen functional groups attached to an aromatic ring is 1. The molecule has 1 heterocycles. The summed E-state index contributed by atoms with van der Waals surface area (Å²) >= 11 is 0. The lowest BCUT2D eigenvalue weighted by atomic mass is 9.79. The lowest BCUT2D eigenvalue weighted by Crippen LogP contribution is -2.17. The van der Waals surface area contributed by atoms with Crippen LogP contribution in [-0.2, 0) is 12.0 Å². The van der Waals surface area contributed by atoms with E-state index in [1.807, 2.05) is 12.1 Å². The molecule has 0 spiro atoms. The minimum absolute atomic E-state index is 0.207. The largest absolute Gasteiger partial charge is 0.397 e. The number of hydrogen-bond donors (Lipinski definition) is 1. The van der Waals surface area contributed by atoms with Crippen molar-refractivity contribution < 1.29 is 0 Å². The van der Waals surface area contributed by atoms with Crippen molar-refractivity contribution in [3.05, 3.63) is 205 Å². The number of benzene rings is 8. The zero-order chi connectivity index (χ0) is 37.1. The first-order valence-electron chi connectivity index (χ1n) is 19.1. The van der Waals surface area contributed by atoms with Gasteiger partial charge in [0.2, 0.25) is 0 Å². The number of anilines is 3. The Bertz CT molecular complexity index is 2850. The Morgan fingerprint density at radius 1 is 0.527 bits per heavy atom. The molecule has 2 N–H and O–H groups in total. The molecule has 0 bridgehead atoms. The third-order valence-corrected chi connectivity index (χ3v) is 11.6. The van der Waals surface area contributed by atoms with Crippen LogP contribution in [0.15, 0.2) is 188 Å². The van der Waals surface area contributed by atoms with Gasteiger partial charge in [-0.1, -0.05) is 141 Å². The van der Waals surface area contributed by atoms with Gasteiger partial charge in [-0.2, -0.15) is 0 Å². The summed E-state index contributed by atoms with van der Waals surface area (Å²) in [5.74, 6) is 0. The molecule has 8 aromatic carbocycles. The number of aromatic nitrogens is 1. The molecule has 0 aliphatic heterocycles. The van der Waals surface area contributed by atoms with E-state index in [1.165, 1.54) is 71.9 Å². The molecule has 1 aliphatic carbocycles. The minimum Gasteiger partial charge on any atom is -0.397 e. The summed E-state index contributed by atoms with van der Waals surface area (Å²) in [5, 5.41) is 2.60. The second-order valence-electron chi connectivity index (χ2n) is 15.2. The number of nitrogens with two attached hydrogens (primary N) is 1. The van der Waals surface area contributed by atoms with Crippen LogP contribution in [0.25, 0.3) is 60.9 Å². The molecule has 264 valence electrons. The molecule has 0 saturated carbocycles. The molecule has 10 rings (SSSR count). The summed E-state index contributed by atoms with van der Waals surface area (Å²) in [7, 11) is 0. The van der Waals surface area contributed by atoms with Gasteiger partial charge in [-0.05, 0) is 111 Å². The zero-order valence-electron chi connectivity index (χ0n) is 31.1. The van der Waals surface area contributed by atoms with E-state index in [4.69, 9.17) is 5.73 Å². The predicted molar refractivity (Wildman–Crippen MR) is 232 cm³/mol. The molecular weight excluding hydrogens is 667 g/mol. The molecule has 0 amide bonds. The highest BCUT2D eigenvalue weighted by Crippen LogP contribution is 2.54. The van der Waals surface area contributed by atoms with Crippen molar-refractivity contribution in [2.24, 2.45) is 0 Å². The normalized spacial score (nSPS) is 12.8. The lowest BCUT2D eigenvalue weighted by Gasteiger charge is -2.26. The molecule has 0 fully saturated rings. The fourth-order valence-corrected chi connectivity index (χ4v) is 8.90. The minimum atomic E-state index is -0.207. The number of rotatable bonds is 7. The van der Waals surface area contributed by atoms with E-state index >= 15 is 0 Å².